The molecule has 120 valence electrons. The number of H-pyrrole nitrogens is 1. The molecule has 0 saturated carbocycles. The third-order valence-corrected chi connectivity index (χ3v) is 3.99. The van der Waals surface area contributed by atoms with Crippen molar-refractivity contribution < 1.29 is 9.47 Å². The van der Waals surface area contributed by atoms with Crippen LogP contribution < -0.4 is 15.0 Å². The Hall–Kier alpha value is -2.79. The van der Waals surface area contributed by atoms with E-state index in [0.717, 1.165) is 5.56 Å². The van der Waals surface area contributed by atoms with Gasteiger partial charge in [-0.2, -0.15) is 0 Å². The summed E-state index contributed by atoms with van der Waals surface area (Å²) in [6, 6.07) is 12.7. The number of para-hydroxylation sites is 1. The molecule has 4 rings (SSSR count). The van der Waals surface area contributed by atoms with E-state index in [1.165, 1.54) is 0 Å². The minimum Gasteiger partial charge on any atom is -0.486 e. The Morgan fingerprint density at radius 3 is 2.79 bits per heavy atom. The van der Waals surface area contributed by atoms with E-state index in [1.807, 2.05) is 24.3 Å². The lowest BCUT2D eigenvalue weighted by molar-refractivity contribution is 0.171. The zero-order valence-corrected chi connectivity index (χ0v) is 13.3. The molecule has 2 aromatic carbocycles. The van der Waals surface area contributed by atoms with E-state index in [9.17, 15) is 4.79 Å². The highest BCUT2D eigenvalue weighted by Crippen LogP contribution is 2.32. The predicted octanol–water partition coefficient (Wildman–Crippen LogP) is 3.43. The van der Waals surface area contributed by atoms with Crippen LogP contribution in [0.3, 0.4) is 0 Å². The van der Waals surface area contributed by atoms with Gasteiger partial charge >= 0.3 is 0 Å². The second-order valence-electron chi connectivity index (χ2n) is 5.33. The molecule has 0 amide bonds. The van der Waals surface area contributed by atoms with Gasteiger partial charge in [0.05, 0.1) is 15.9 Å². The molecule has 2 heterocycles. The third kappa shape index (κ3) is 2.74. The zero-order chi connectivity index (χ0) is 16.5. The Morgan fingerprint density at radius 2 is 1.92 bits per heavy atom. The highest BCUT2D eigenvalue weighted by molar-refractivity contribution is 6.50. The first-order valence-corrected chi connectivity index (χ1v) is 7.85. The van der Waals surface area contributed by atoms with Crippen LogP contribution in [0, 0.1) is 0 Å². The molecule has 0 bridgehead atoms. The number of rotatable bonds is 2. The number of nitrogens with one attached hydrogen (secondary N) is 1. The number of ether oxygens (including phenoxy) is 2. The summed E-state index contributed by atoms with van der Waals surface area (Å²) in [6.07, 6.45) is 1.73. The van der Waals surface area contributed by atoms with Crippen LogP contribution in [0.2, 0.25) is 0 Å². The quantitative estimate of drug-likeness (QED) is 0.776. The van der Waals surface area contributed by atoms with Gasteiger partial charge in [0.2, 0.25) is 0 Å². The van der Waals surface area contributed by atoms with Gasteiger partial charge in [-0.3, -0.25) is 4.79 Å². The number of fused-ring (bicyclic) bond motifs is 2. The summed E-state index contributed by atoms with van der Waals surface area (Å²) in [5.74, 6) is 1.72. The van der Waals surface area contributed by atoms with Gasteiger partial charge in [-0.05, 0) is 35.9 Å². The van der Waals surface area contributed by atoms with Gasteiger partial charge < -0.3 is 14.5 Å². The lowest BCUT2D eigenvalue weighted by atomic mass is 10.1. The number of hydrogen-bond donors (Lipinski definition) is 1. The van der Waals surface area contributed by atoms with Crippen LogP contribution in [0.25, 0.3) is 22.0 Å². The largest absolute Gasteiger partial charge is 0.486 e. The van der Waals surface area contributed by atoms with Gasteiger partial charge in [0, 0.05) is 0 Å². The smallest absolute Gasteiger partial charge is 0.259 e. The molecule has 0 aliphatic carbocycles. The molecule has 1 aliphatic heterocycles. The van der Waals surface area contributed by atoms with Crippen molar-refractivity contribution in [1.29, 1.82) is 0 Å². The number of aromatic nitrogens is 2. The van der Waals surface area contributed by atoms with E-state index >= 15 is 0 Å². The molecule has 24 heavy (non-hydrogen) atoms. The minimum atomic E-state index is -0.218. The molecule has 0 saturated heterocycles. The van der Waals surface area contributed by atoms with Crippen molar-refractivity contribution in [3.05, 3.63) is 64.2 Å². The van der Waals surface area contributed by atoms with Gasteiger partial charge in [0.25, 0.3) is 5.56 Å². The molecule has 1 N–H and O–H groups in total. The molecule has 5 nitrogen and oxygen atoms in total. The first-order valence-electron chi connectivity index (χ1n) is 7.47. The highest BCUT2D eigenvalue weighted by atomic mass is 35.5. The number of hydrogen-bond acceptors (Lipinski definition) is 4. The third-order valence-electron chi connectivity index (χ3n) is 3.70. The molecule has 0 atom stereocenters. The van der Waals surface area contributed by atoms with Crippen LogP contribution in [0.1, 0.15) is 11.4 Å². The topological polar surface area (TPSA) is 64.2 Å². The fourth-order valence-electron chi connectivity index (χ4n) is 2.56. The van der Waals surface area contributed by atoms with Crippen LogP contribution in [-0.4, -0.2) is 23.2 Å². The average molecular weight is 341 g/mol. The molecule has 3 aromatic rings. The monoisotopic (exact) mass is 340 g/mol. The maximum absolute atomic E-state index is 12.1. The van der Waals surface area contributed by atoms with Gasteiger partial charge in [-0.15, -0.1) is 0 Å². The lowest BCUT2D eigenvalue weighted by Gasteiger charge is -2.18. The van der Waals surface area contributed by atoms with Crippen molar-refractivity contribution in [2.75, 3.05) is 13.2 Å². The first-order chi connectivity index (χ1) is 11.7. The van der Waals surface area contributed by atoms with Crippen molar-refractivity contribution in [2.24, 2.45) is 0 Å². The van der Waals surface area contributed by atoms with Crippen LogP contribution >= 0.6 is 11.6 Å². The fraction of sp³-hybridized carbons (Fsp3) is 0.111. The summed E-state index contributed by atoms with van der Waals surface area (Å²) < 4.78 is 11.1. The summed E-state index contributed by atoms with van der Waals surface area (Å²) in [5.41, 5.74) is 1.22. The Labute approximate surface area is 142 Å². The average Bonchev–Trinajstić information content (AvgIpc) is 2.61. The second-order valence-corrected chi connectivity index (χ2v) is 5.73. The molecule has 0 fully saturated rings. The summed E-state index contributed by atoms with van der Waals surface area (Å²) in [6.45, 7) is 1.07. The van der Waals surface area contributed by atoms with Crippen LogP contribution in [0.4, 0.5) is 0 Å². The lowest BCUT2D eigenvalue weighted by Crippen LogP contribution is -2.15. The van der Waals surface area contributed by atoms with Gasteiger partial charge in [0.1, 0.15) is 13.2 Å². The normalized spacial score (nSPS) is 14.0. The first kappa shape index (κ1) is 14.8. The van der Waals surface area contributed by atoms with Crippen LogP contribution in [0.5, 0.6) is 11.5 Å². The molecule has 1 aliphatic rings. The van der Waals surface area contributed by atoms with Crippen molar-refractivity contribution in [3.63, 3.8) is 0 Å². The zero-order valence-electron chi connectivity index (χ0n) is 12.6. The summed E-state index contributed by atoms with van der Waals surface area (Å²) in [4.78, 5) is 19.2. The Kier molecular flexibility index (Phi) is 3.70. The molecular formula is C18H13ClN2O3. The molecule has 0 spiro atoms. The van der Waals surface area contributed by atoms with Crippen molar-refractivity contribution in [1.82, 2.24) is 9.97 Å². The van der Waals surface area contributed by atoms with Crippen molar-refractivity contribution >= 4 is 33.6 Å². The number of benzene rings is 2. The van der Waals surface area contributed by atoms with E-state index in [1.54, 1.807) is 24.3 Å². The summed E-state index contributed by atoms with van der Waals surface area (Å²) >= 11 is 6.35. The van der Waals surface area contributed by atoms with E-state index in [2.05, 4.69) is 9.97 Å². The van der Waals surface area contributed by atoms with Crippen molar-refractivity contribution in [3.8, 4) is 11.5 Å². The van der Waals surface area contributed by atoms with Crippen LogP contribution in [0.15, 0.2) is 47.3 Å². The van der Waals surface area contributed by atoms with Gasteiger partial charge in [-0.25, -0.2) is 4.98 Å². The number of halogens is 1. The Morgan fingerprint density at radius 1 is 1.12 bits per heavy atom. The Balaban J connectivity index is 1.74. The Bertz CT molecular complexity index is 1010. The molecule has 0 unspecified atom stereocenters. The summed E-state index contributed by atoms with van der Waals surface area (Å²) in [5, 5.41) is 0.875. The highest BCUT2D eigenvalue weighted by Gasteiger charge is 2.12. The predicted molar refractivity (Wildman–Crippen MR) is 93.5 cm³/mol. The van der Waals surface area contributed by atoms with E-state index in [0.29, 0.717) is 46.5 Å². The standard InChI is InChI=1S/C18H13ClN2O3/c19-13(9-11-5-6-15-16(10-11)24-8-7-23-15)17-20-14-4-2-1-3-12(14)18(22)21-17/h1-6,9-10H,7-8H2,(H,20,21,22)/b13-9-. The van der Waals surface area contributed by atoms with Crippen molar-refractivity contribution in [2.45, 2.75) is 0 Å². The van der Waals surface area contributed by atoms with Crippen LogP contribution in [-0.2, 0) is 0 Å². The maximum Gasteiger partial charge on any atom is 0.259 e. The molecular weight excluding hydrogens is 328 g/mol. The van der Waals surface area contributed by atoms with E-state index in [-0.39, 0.29) is 5.56 Å². The van der Waals surface area contributed by atoms with E-state index in [4.69, 9.17) is 21.1 Å². The second kappa shape index (κ2) is 6.02. The van der Waals surface area contributed by atoms with Gasteiger partial charge in [0.15, 0.2) is 17.3 Å². The SMILES string of the molecule is O=c1[nH]c(/C(Cl)=C/c2ccc3c(c2)OCCO3)nc2ccccc12. The molecule has 1 aromatic heterocycles. The fourth-order valence-corrected chi connectivity index (χ4v) is 2.78. The number of nitrogens with zero attached hydrogens (tertiary/aromatic N) is 1. The van der Waals surface area contributed by atoms with E-state index < -0.39 is 0 Å². The maximum atomic E-state index is 12.1. The number of aromatic amines is 1. The van der Waals surface area contributed by atoms with Gasteiger partial charge in [-0.1, -0.05) is 29.8 Å². The molecule has 0 radical (unpaired) electrons. The summed E-state index contributed by atoms with van der Waals surface area (Å²) in [7, 11) is 0. The minimum absolute atomic E-state index is 0.218. The molecule has 6 heteroatoms.